The number of carbonyl (C=O) groups is 3. The summed E-state index contributed by atoms with van der Waals surface area (Å²) in [5, 5.41) is 5.63. The molecule has 0 unspecified atom stereocenters. The van der Waals surface area contributed by atoms with E-state index in [1.165, 1.54) is 0 Å². The quantitative estimate of drug-likeness (QED) is 0.179. The van der Waals surface area contributed by atoms with Crippen LogP contribution in [-0.2, 0) is 8.56 Å². The SMILES string of the molecule is Cc1cccc2ccc(C(=O)[O][In]([O]C(=O)c3ccc4cccc(C)c4c3)[O]C(=O)c3ccc4cccc(C)c4c3)cc12. The van der Waals surface area contributed by atoms with Crippen molar-refractivity contribution in [3.8, 4) is 0 Å². The molecular formula is C36H27InO6. The van der Waals surface area contributed by atoms with Crippen molar-refractivity contribution in [2.75, 3.05) is 0 Å². The first kappa shape index (κ1) is 28.5. The van der Waals surface area contributed by atoms with Crippen molar-refractivity contribution < 1.29 is 22.9 Å². The number of benzene rings is 6. The third-order valence-corrected chi connectivity index (χ3v) is 11.1. The molecule has 0 bridgehead atoms. The first-order valence-corrected chi connectivity index (χ1v) is 17.9. The molecule has 6 rings (SSSR count). The molecule has 0 aliphatic heterocycles. The number of carbonyl (C=O) groups excluding carboxylic acids is 3. The number of fused-ring (bicyclic) bond motifs is 3. The summed E-state index contributed by atoms with van der Waals surface area (Å²) in [6, 6.07) is 33.2. The summed E-state index contributed by atoms with van der Waals surface area (Å²) in [6.45, 7) is 5.87. The molecule has 0 radical (unpaired) electrons. The molecule has 0 aromatic heterocycles. The molecule has 6 nitrogen and oxygen atoms in total. The van der Waals surface area contributed by atoms with Crippen LogP contribution in [0.3, 0.4) is 0 Å². The zero-order valence-electron chi connectivity index (χ0n) is 23.9. The molecule has 7 heteroatoms. The molecule has 0 saturated carbocycles. The fraction of sp³-hybridized carbons (Fsp3) is 0.0833. The molecule has 6 aromatic carbocycles. The van der Waals surface area contributed by atoms with Crippen LogP contribution in [0, 0.1) is 20.8 Å². The summed E-state index contributed by atoms with van der Waals surface area (Å²) in [5.74, 6) is -2.14. The fourth-order valence-electron chi connectivity index (χ4n) is 5.21. The van der Waals surface area contributed by atoms with Crippen molar-refractivity contribution in [1.82, 2.24) is 0 Å². The van der Waals surface area contributed by atoms with Crippen LogP contribution in [-0.4, -0.2) is 40.7 Å². The Labute approximate surface area is 258 Å². The molecule has 0 saturated heterocycles. The minimum absolute atomic E-state index is 0.276. The standard InChI is InChI=1S/3C12H10O2.In/c3*1-8-3-2-4-9-5-6-10(12(13)14)7-11(8)9;/h3*2-7H,1H3,(H,13,14);/q;;;+3/p-3. The van der Waals surface area contributed by atoms with E-state index in [0.29, 0.717) is 0 Å². The van der Waals surface area contributed by atoms with Crippen LogP contribution in [0.15, 0.2) is 109 Å². The van der Waals surface area contributed by atoms with Crippen molar-refractivity contribution >= 4 is 73.0 Å². The second kappa shape index (κ2) is 11.9. The maximum atomic E-state index is 13.3. The van der Waals surface area contributed by atoms with E-state index < -0.39 is 40.7 Å². The van der Waals surface area contributed by atoms with Crippen molar-refractivity contribution in [3.63, 3.8) is 0 Å². The van der Waals surface area contributed by atoms with Gasteiger partial charge in [-0.2, -0.15) is 0 Å². The zero-order chi connectivity index (χ0) is 30.1. The Kier molecular flexibility index (Phi) is 7.91. The van der Waals surface area contributed by atoms with Gasteiger partial charge in [-0.3, -0.25) is 0 Å². The van der Waals surface area contributed by atoms with Gasteiger partial charge in [-0.15, -0.1) is 0 Å². The fourth-order valence-corrected chi connectivity index (χ4v) is 8.28. The number of rotatable bonds is 6. The molecule has 0 amide bonds. The summed E-state index contributed by atoms with van der Waals surface area (Å²) in [6.07, 6.45) is 0. The van der Waals surface area contributed by atoms with Gasteiger partial charge in [-0.05, 0) is 0 Å². The summed E-state index contributed by atoms with van der Waals surface area (Å²) >= 11 is -4.59. The molecule has 0 fully saturated rings. The van der Waals surface area contributed by atoms with E-state index in [1.807, 2.05) is 93.6 Å². The second-order valence-corrected chi connectivity index (χ2v) is 14.2. The van der Waals surface area contributed by atoms with Crippen molar-refractivity contribution in [2.24, 2.45) is 0 Å². The van der Waals surface area contributed by atoms with Gasteiger partial charge in [-0.25, -0.2) is 0 Å². The maximum absolute atomic E-state index is 13.3. The Morgan fingerprint density at radius 3 is 1.05 bits per heavy atom. The summed E-state index contributed by atoms with van der Waals surface area (Å²) < 4.78 is 17.2. The van der Waals surface area contributed by atoms with E-state index >= 15 is 0 Å². The van der Waals surface area contributed by atoms with E-state index in [2.05, 4.69) is 0 Å². The predicted molar refractivity (Wildman–Crippen MR) is 168 cm³/mol. The van der Waals surface area contributed by atoms with Crippen LogP contribution in [0.5, 0.6) is 0 Å². The minimum atomic E-state index is -4.59. The Balaban J connectivity index is 1.30. The van der Waals surface area contributed by atoms with Crippen LogP contribution < -0.4 is 0 Å². The molecule has 0 aliphatic rings. The Hall–Kier alpha value is -4.62. The normalized spacial score (nSPS) is 11.0. The Bertz CT molecular complexity index is 1830. The average Bonchev–Trinajstić information content (AvgIpc) is 3.01. The van der Waals surface area contributed by atoms with Gasteiger partial charge < -0.3 is 0 Å². The molecule has 6 aromatic rings. The molecular weight excluding hydrogens is 643 g/mol. The van der Waals surface area contributed by atoms with E-state index in [1.54, 1.807) is 36.4 Å². The first-order valence-electron chi connectivity index (χ1n) is 13.9. The van der Waals surface area contributed by atoms with Crippen molar-refractivity contribution in [1.29, 1.82) is 0 Å². The van der Waals surface area contributed by atoms with Gasteiger partial charge in [0.25, 0.3) is 0 Å². The third kappa shape index (κ3) is 5.99. The average molecular weight is 670 g/mol. The van der Waals surface area contributed by atoms with Crippen LogP contribution in [0.1, 0.15) is 47.8 Å². The summed E-state index contributed by atoms with van der Waals surface area (Å²) in [5.41, 5.74) is 3.84. The molecule has 0 spiro atoms. The Morgan fingerprint density at radius 1 is 0.442 bits per heavy atom. The van der Waals surface area contributed by atoms with Crippen LogP contribution in [0.25, 0.3) is 32.3 Å². The number of hydrogen-bond donors (Lipinski definition) is 0. The van der Waals surface area contributed by atoms with Gasteiger partial charge >= 0.3 is 259 Å². The van der Waals surface area contributed by atoms with Crippen molar-refractivity contribution in [2.45, 2.75) is 20.8 Å². The zero-order valence-corrected chi connectivity index (χ0v) is 27.2. The second-order valence-electron chi connectivity index (χ2n) is 10.5. The van der Waals surface area contributed by atoms with Crippen LogP contribution in [0.4, 0.5) is 0 Å². The molecule has 0 atom stereocenters. The molecule has 0 heterocycles. The number of aryl methyl sites for hydroxylation is 3. The van der Waals surface area contributed by atoms with Gasteiger partial charge in [0.05, 0.1) is 0 Å². The predicted octanol–water partition coefficient (Wildman–Crippen LogP) is 7.93. The van der Waals surface area contributed by atoms with E-state index in [4.69, 9.17) is 8.56 Å². The van der Waals surface area contributed by atoms with Gasteiger partial charge in [0.15, 0.2) is 0 Å². The van der Waals surface area contributed by atoms with E-state index in [0.717, 1.165) is 49.0 Å². The summed E-state index contributed by atoms with van der Waals surface area (Å²) in [7, 11) is 0. The van der Waals surface area contributed by atoms with Gasteiger partial charge in [0, 0.05) is 0 Å². The van der Waals surface area contributed by atoms with E-state index in [-0.39, 0.29) is 16.7 Å². The van der Waals surface area contributed by atoms with Crippen molar-refractivity contribution in [3.05, 3.63) is 143 Å². The van der Waals surface area contributed by atoms with Gasteiger partial charge in [-0.1, -0.05) is 0 Å². The molecule has 210 valence electrons. The monoisotopic (exact) mass is 670 g/mol. The topological polar surface area (TPSA) is 78.9 Å². The molecule has 0 aliphatic carbocycles. The van der Waals surface area contributed by atoms with Crippen LogP contribution in [0.2, 0.25) is 0 Å². The van der Waals surface area contributed by atoms with E-state index in [9.17, 15) is 14.4 Å². The number of hydrogen-bond acceptors (Lipinski definition) is 6. The van der Waals surface area contributed by atoms with Crippen LogP contribution >= 0.6 is 0 Å². The molecule has 0 N–H and O–H groups in total. The van der Waals surface area contributed by atoms with Gasteiger partial charge in [0.1, 0.15) is 0 Å². The first-order chi connectivity index (χ1) is 20.8. The third-order valence-electron chi connectivity index (χ3n) is 7.62. The van der Waals surface area contributed by atoms with Gasteiger partial charge in [0.2, 0.25) is 0 Å². The Morgan fingerprint density at radius 2 is 0.744 bits per heavy atom. The molecule has 43 heavy (non-hydrogen) atoms. The summed E-state index contributed by atoms with van der Waals surface area (Å²) in [4.78, 5) is 40.0.